The topological polar surface area (TPSA) is 51.8 Å². The first-order valence-electron chi connectivity index (χ1n) is 18.0. The number of rotatable bonds is 5. The molecule has 8 aromatic carbocycles. The van der Waals surface area contributed by atoms with Gasteiger partial charge < -0.3 is 4.42 Å². The molecule has 54 heavy (non-hydrogen) atoms. The molecule has 3 heterocycles. The fourth-order valence-electron chi connectivity index (χ4n) is 7.75. The first kappa shape index (κ1) is 30.7. The Bertz CT molecular complexity index is 3200. The van der Waals surface area contributed by atoms with E-state index < -0.39 is 0 Å². The molecule has 11 aromatic rings. The molecule has 0 amide bonds. The van der Waals surface area contributed by atoms with Gasteiger partial charge in [-0.25, -0.2) is 15.0 Å². The predicted molar refractivity (Wildman–Crippen MR) is 225 cm³/mol. The average molecular weight is 708 g/mol. The van der Waals surface area contributed by atoms with E-state index in [1.165, 1.54) is 36.5 Å². The molecule has 11 rings (SSSR count). The molecule has 0 aliphatic rings. The zero-order valence-corrected chi connectivity index (χ0v) is 29.7. The van der Waals surface area contributed by atoms with Gasteiger partial charge in [0.15, 0.2) is 17.5 Å². The highest BCUT2D eigenvalue weighted by Gasteiger charge is 2.19. The molecule has 0 atom stereocenters. The maximum absolute atomic E-state index is 6.47. The fraction of sp³-hybridized carbons (Fsp3) is 0. The van der Waals surface area contributed by atoms with E-state index in [0.717, 1.165) is 55.3 Å². The van der Waals surface area contributed by atoms with Crippen molar-refractivity contribution in [3.05, 3.63) is 176 Å². The van der Waals surface area contributed by atoms with Gasteiger partial charge in [-0.2, -0.15) is 0 Å². The SMILES string of the molecule is c1ccc(-c2ccc3c(c2)oc2cccc(-c4nc(-c5ccccc5)nc(-c5ccc(-c6cc7c8ccccc8sc7c7ccccc67)cc5)n4)c23)cc1. The second-order valence-electron chi connectivity index (χ2n) is 13.6. The van der Waals surface area contributed by atoms with Gasteiger partial charge in [0.05, 0.1) is 0 Å². The molecule has 0 saturated carbocycles. The van der Waals surface area contributed by atoms with Crippen molar-refractivity contribution in [2.45, 2.75) is 0 Å². The lowest BCUT2D eigenvalue weighted by Gasteiger charge is -2.11. The van der Waals surface area contributed by atoms with E-state index in [0.29, 0.717) is 17.5 Å². The van der Waals surface area contributed by atoms with Crippen molar-refractivity contribution < 1.29 is 4.42 Å². The third-order valence-electron chi connectivity index (χ3n) is 10.4. The average Bonchev–Trinajstić information content (AvgIpc) is 3.82. The zero-order valence-electron chi connectivity index (χ0n) is 28.9. The first-order valence-corrected chi connectivity index (χ1v) is 18.8. The highest BCUT2D eigenvalue weighted by molar-refractivity contribution is 7.26. The Balaban J connectivity index is 1.06. The quantitative estimate of drug-likeness (QED) is 0.179. The second kappa shape index (κ2) is 12.3. The molecule has 0 spiro atoms. The summed E-state index contributed by atoms with van der Waals surface area (Å²) in [4.78, 5) is 15.3. The molecule has 3 aromatic heterocycles. The molecule has 0 radical (unpaired) electrons. The van der Waals surface area contributed by atoms with Gasteiger partial charge in [0.2, 0.25) is 0 Å². The summed E-state index contributed by atoms with van der Waals surface area (Å²) in [6.45, 7) is 0. The van der Waals surface area contributed by atoms with Gasteiger partial charge in [0, 0.05) is 53.0 Å². The molecule has 5 heteroatoms. The number of nitrogens with zero attached hydrogens (tertiary/aromatic N) is 3. The van der Waals surface area contributed by atoms with Crippen LogP contribution in [0.2, 0.25) is 0 Å². The molecular formula is C49H29N3OS. The second-order valence-corrected chi connectivity index (χ2v) is 14.6. The van der Waals surface area contributed by atoms with Crippen LogP contribution in [0.5, 0.6) is 0 Å². The Morgan fingerprint density at radius 2 is 0.963 bits per heavy atom. The van der Waals surface area contributed by atoms with Crippen LogP contribution in [-0.2, 0) is 0 Å². The van der Waals surface area contributed by atoms with Crippen molar-refractivity contribution in [3.8, 4) is 56.4 Å². The molecule has 0 aliphatic heterocycles. The molecule has 4 nitrogen and oxygen atoms in total. The number of fused-ring (bicyclic) bond motifs is 8. The lowest BCUT2D eigenvalue weighted by Crippen LogP contribution is -2.00. The summed E-state index contributed by atoms with van der Waals surface area (Å²) in [7, 11) is 0. The van der Waals surface area contributed by atoms with E-state index in [1.807, 2.05) is 59.9 Å². The van der Waals surface area contributed by atoms with Gasteiger partial charge >= 0.3 is 0 Å². The maximum atomic E-state index is 6.47. The highest BCUT2D eigenvalue weighted by atomic mass is 32.1. The normalized spacial score (nSPS) is 11.7. The number of aromatic nitrogens is 3. The van der Waals surface area contributed by atoms with Gasteiger partial charge in [-0.3, -0.25) is 0 Å². The van der Waals surface area contributed by atoms with Gasteiger partial charge in [0.1, 0.15) is 11.2 Å². The van der Waals surface area contributed by atoms with E-state index in [-0.39, 0.29) is 0 Å². The Kier molecular flexibility index (Phi) is 7.00. The molecule has 0 aliphatic carbocycles. The number of hydrogen-bond donors (Lipinski definition) is 0. The first-order chi connectivity index (χ1) is 26.7. The number of furan rings is 1. The van der Waals surface area contributed by atoms with Crippen molar-refractivity contribution in [1.82, 2.24) is 15.0 Å². The minimum atomic E-state index is 0.601. The summed E-state index contributed by atoms with van der Waals surface area (Å²) < 4.78 is 9.10. The summed E-state index contributed by atoms with van der Waals surface area (Å²) in [5.41, 5.74) is 8.99. The fourth-order valence-corrected chi connectivity index (χ4v) is 8.97. The van der Waals surface area contributed by atoms with Crippen LogP contribution in [0.15, 0.2) is 180 Å². The monoisotopic (exact) mass is 707 g/mol. The van der Waals surface area contributed by atoms with E-state index in [2.05, 4.69) is 127 Å². The third-order valence-corrected chi connectivity index (χ3v) is 11.6. The molecule has 0 saturated heterocycles. The van der Waals surface area contributed by atoms with E-state index in [9.17, 15) is 0 Å². The van der Waals surface area contributed by atoms with Crippen LogP contribution in [0.3, 0.4) is 0 Å². The van der Waals surface area contributed by atoms with Gasteiger partial charge in [0.25, 0.3) is 0 Å². The summed E-state index contributed by atoms with van der Waals surface area (Å²) in [5, 5.41) is 7.12. The summed E-state index contributed by atoms with van der Waals surface area (Å²) in [5.74, 6) is 1.84. The van der Waals surface area contributed by atoms with Gasteiger partial charge in [-0.15, -0.1) is 11.3 Å². The zero-order chi connectivity index (χ0) is 35.6. The summed E-state index contributed by atoms with van der Waals surface area (Å²) in [6.07, 6.45) is 0. The number of hydrogen-bond acceptors (Lipinski definition) is 5. The lowest BCUT2D eigenvalue weighted by molar-refractivity contribution is 0.669. The Morgan fingerprint density at radius 1 is 0.352 bits per heavy atom. The highest BCUT2D eigenvalue weighted by Crippen LogP contribution is 2.43. The van der Waals surface area contributed by atoms with Crippen LogP contribution in [-0.4, -0.2) is 15.0 Å². The molecule has 0 N–H and O–H groups in total. The van der Waals surface area contributed by atoms with Crippen molar-refractivity contribution in [1.29, 1.82) is 0 Å². The summed E-state index contributed by atoms with van der Waals surface area (Å²) in [6, 6.07) is 61.5. The van der Waals surface area contributed by atoms with E-state index in [1.54, 1.807) is 0 Å². The number of benzene rings is 8. The smallest absolute Gasteiger partial charge is 0.164 e. The minimum Gasteiger partial charge on any atom is -0.456 e. The van der Waals surface area contributed by atoms with E-state index in [4.69, 9.17) is 19.4 Å². The van der Waals surface area contributed by atoms with Crippen LogP contribution < -0.4 is 0 Å². The van der Waals surface area contributed by atoms with Crippen molar-refractivity contribution >= 4 is 64.2 Å². The van der Waals surface area contributed by atoms with Crippen LogP contribution >= 0.6 is 11.3 Å². The van der Waals surface area contributed by atoms with Crippen LogP contribution in [0.1, 0.15) is 0 Å². The van der Waals surface area contributed by atoms with Crippen LogP contribution in [0.25, 0.3) is 109 Å². The van der Waals surface area contributed by atoms with Crippen molar-refractivity contribution in [3.63, 3.8) is 0 Å². The Morgan fingerprint density at radius 3 is 1.74 bits per heavy atom. The summed E-state index contributed by atoms with van der Waals surface area (Å²) >= 11 is 1.87. The Hall–Kier alpha value is -6.95. The van der Waals surface area contributed by atoms with E-state index >= 15 is 0 Å². The van der Waals surface area contributed by atoms with Crippen molar-refractivity contribution in [2.75, 3.05) is 0 Å². The standard InChI is InChI=1S/C49H29N3OS/c1-3-12-30(13-4-1)34-26-27-38-43(28-34)53-42-20-11-19-39(45(38)42)49-51-47(32-14-5-2-6-15-32)50-48(52-49)33-24-22-31(23-25-33)40-29-41-36-17-9-10-21-44(36)54-46(41)37-18-8-7-16-35(37)40/h1-29H. The third kappa shape index (κ3) is 5.01. The predicted octanol–water partition coefficient (Wildman–Crippen LogP) is 13.6. The molecule has 0 unspecified atom stereocenters. The largest absolute Gasteiger partial charge is 0.456 e. The number of thiophene rings is 1. The van der Waals surface area contributed by atoms with Crippen LogP contribution in [0.4, 0.5) is 0 Å². The lowest BCUT2D eigenvalue weighted by atomic mass is 9.95. The minimum absolute atomic E-state index is 0.601. The van der Waals surface area contributed by atoms with Gasteiger partial charge in [-0.05, 0) is 58.0 Å². The Labute approximate surface area is 314 Å². The van der Waals surface area contributed by atoms with Gasteiger partial charge in [-0.1, -0.05) is 146 Å². The molecular weight excluding hydrogens is 679 g/mol. The molecule has 0 bridgehead atoms. The molecule has 0 fully saturated rings. The molecule has 252 valence electrons. The maximum Gasteiger partial charge on any atom is 0.164 e. The van der Waals surface area contributed by atoms with Crippen molar-refractivity contribution in [2.24, 2.45) is 0 Å². The van der Waals surface area contributed by atoms with Crippen LogP contribution in [0, 0.1) is 0 Å².